The maximum absolute atomic E-state index is 12.2. The predicted octanol–water partition coefficient (Wildman–Crippen LogP) is 2.95. The van der Waals surface area contributed by atoms with Gasteiger partial charge in [0.25, 0.3) is 0 Å². The number of hydrogen-bond acceptors (Lipinski definition) is 5. The summed E-state index contributed by atoms with van der Waals surface area (Å²) in [6, 6.07) is 12.2. The van der Waals surface area contributed by atoms with Gasteiger partial charge in [-0.3, -0.25) is 9.59 Å². The van der Waals surface area contributed by atoms with Crippen LogP contribution >= 0.6 is 11.3 Å². The standard InChI is InChI=1S/C20H20N2O4S/c1-13-7-8-15(11-14(13)2)22-19(24)18(23)21-12-20(25,16-5-3-9-26-16)17-6-4-10-27-17/h3-11,25H,12H2,1-2H3,(H,21,23)(H,22,24)/t20-/m1/s1. The molecule has 0 aliphatic rings. The third-order valence-corrected chi connectivity index (χ3v) is 5.35. The molecule has 7 heteroatoms. The van der Waals surface area contributed by atoms with Gasteiger partial charge >= 0.3 is 11.8 Å². The maximum atomic E-state index is 12.2. The Balaban J connectivity index is 1.69. The summed E-state index contributed by atoms with van der Waals surface area (Å²) < 4.78 is 5.34. The lowest BCUT2D eigenvalue weighted by atomic mass is 9.98. The summed E-state index contributed by atoms with van der Waals surface area (Å²) in [6.07, 6.45) is 1.45. The molecule has 3 N–H and O–H groups in total. The van der Waals surface area contributed by atoms with Crippen LogP contribution in [0.3, 0.4) is 0 Å². The van der Waals surface area contributed by atoms with Gasteiger partial charge in [0.1, 0.15) is 5.76 Å². The fourth-order valence-corrected chi connectivity index (χ4v) is 3.45. The van der Waals surface area contributed by atoms with Crippen molar-refractivity contribution in [3.63, 3.8) is 0 Å². The average Bonchev–Trinajstić information content (AvgIpc) is 3.36. The second kappa shape index (κ2) is 7.77. The number of amides is 2. The second-order valence-corrected chi connectivity index (χ2v) is 7.20. The molecule has 1 aromatic carbocycles. The summed E-state index contributed by atoms with van der Waals surface area (Å²) in [5.74, 6) is -1.35. The first kappa shape index (κ1) is 18.9. The second-order valence-electron chi connectivity index (χ2n) is 6.25. The molecule has 140 valence electrons. The zero-order valence-electron chi connectivity index (χ0n) is 15.0. The molecule has 27 heavy (non-hydrogen) atoms. The Bertz CT molecular complexity index is 899. The van der Waals surface area contributed by atoms with Gasteiger partial charge in [0.2, 0.25) is 0 Å². The number of nitrogens with one attached hydrogen (secondary N) is 2. The first-order valence-corrected chi connectivity index (χ1v) is 9.25. The van der Waals surface area contributed by atoms with Crippen LogP contribution in [0, 0.1) is 13.8 Å². The van der Waals surface area contributed by atoms with Crippen LogP contribution in [0.4, 0.5) is 5.69 Å². The molecule has 3 rings (SSSR count). The number of hydrogen-bond donors (Lipinski definition) is 3. The largest absolute Gasteiger partial charge is 0.466 e. The summed E-state index contributed by atoms with van der Waals surface area (Å²) in [4.78, 5) is 25.0. The van der Waals surface area contributed by atoms with E-state index in [0.717, 1.165) is 11.1 Å². The molecule has 0 radical (unpaired) electrons. The van der Waals surface area contributed by atoms with Crippen molar-refractivity contribution >= 4 is 28.8 Å². The Hall–Kier alpha value is -2.90. The van der Waals surface area contributed by atoms with Crippen molar-refractivity contribution in [1.82, 2.24) is 5.32 Å². The van der Waals surface area contributed by atoms with Gasteiger partial charge in [-0.25, -0.2) is 0 Å². The number of thiophene rings is 1. The fraction of sp³-hybridized carbons (Fsp3) is 0.200. The van der Waals surface area contributed by atoms with E-state index in [2.05, 4.69) is 10.6 Å². The van der Waals surface area contributed by atoms with E-state index < -0.39 is 17.4 Å². The van der Waals surface area contributed by atoms with Crippen LogP contribution in [-0.2, 0) is 15.2 Å². The molecule has 2 heterocycles. The van der Waals surface area contributed by atoms with E-state index in [1.54, 1.807) is 36.4 Å². The lowest BCUT2D eigenvalue weighted by Gasteiger charge is -2.25. The van der Waals surface area contributed by atoms with E-state index in [-0.39, 0.29) is 6.54 Å². The van der Waals surface area contributed by atoms with E-state index in [4.69, 9.17) is 4.42 Å². The minimum Gasteiger partial charge on any atom is -0.466 e. The number of furan rings is 1. The number of rotatable bonds is 5. The van der Waals surface area contributed by atoms with E-state index in [9.17, 15) is 14.7 Å². The van der Waals surface area contributed by atoms with Crippen LogP contribution < -0.4 is 10.6 Å². The van der Waals surface area contributed by atoms with Crippen molar-refractivity contribution in [2.24, 2.45) is 0 Å². The highest BCUT2D eigenvalue weighted by molar-refractivity contribution is 7.10. The van der Waals surface area contributed by atoms with Crippen LogP contribution in [0.2, 0.25) is 0 Å². The Morgan fingerprint density at radius 3 is 2.56 bits per heavy atom. The number of anilines is 1. The molecule has 0 saturated carbocycles. The van der Waals surface area contributed by atoms with Crippen molar-refractivity contribution in [2.45, 2.75) is 19.4 Å². The zero-order valence-corrected chi connectivity index (χ0v) is 15.8. The van der Waals surface area contributed by atoms with E-state index in [1.165, 1.54) is 17.6 Å². The van der Waals surface area contributed by atoms with Gasteiger partial charge in [0, 0.05) is 10.6 Å². The number of benzene rings is 1. The van der Waals surface area contributed by atoms with E-state index >= 15 is 0 Å². The molecule has 0 bridgehead atoms. The quantitative estimate of drug-likeness (QED) is 0.590. The van der Waals surface area contributed by atoms with Gasteiger partial charge < -0.3 is 20.2 Å². The average molecular weight is 384 g/mol. The van der Waals surface area contributed by atoms with Crippen molar-refractivity contribution in [2.75, 3.05) is 11.9 Å². The molecule has 6 nitrogen and oxygen atoms in total. The molecule has 2 amide bonds. The predicted molar refractivity (Wildman–Crippen MR) is 104 cm³/mol. The number of aryl methyl sites for hydroxylation is 2. The van der Waals surface area contributed by atoms with Crippen LogP contribution in [0.25, 0.3) is 0 Å². The normalized spacial score (nSPS) is 13.0. The molecular formula is C20H20N2O4S. The van der Waals surface area contributed by atoms with E-state index in [0.29, 0.717) is 16.3 Å². The molecule has 1 atom stereocenters. The molecule has 0 unspecified atom stereocenters. The first-order chi connectivity index (χ1) is 12.9. The zero-order chi connectivity index (χ0) is 19.4. The molecule has 2 aromatic heterocycles. The van der Waals surface area contributed by atoms with Gasteiger partial charge in [0.15, 0.2) is 5.60 Å². The summed E-state index contributed by atoms with van der Waals surface area (Å²) in [7, 11) is 0. The summed E-state index contributed by atoms with van der Waals surface area (Å²) in [6.45, 7) is 3.70. The topological polar surface area (TPSA) is 91.6 Å². The van der Waals surface area contributed by atoms with Crippen molar-refractivity contribution in [3.8, 4) is 0 Å². The van der Waals surface area contributed by atoms with Gasteiger partial charge in [-0.2, -0.15) is 0 Å². The van der Waals surface area contributed by atoms with Gasteiger partial charge in [0.05, 0.1) is 12.8 Å². The monoisotopic (exact) mass is 384 g/mol. The molecular weight excluding hydrogens is 364 g/mol. The number of carbonyl (C=O) groups excluding carboxylic acids is 2. The van der Waals surface area contributed by atoms with Crippen LogP contribution in [-0.4, -0.2) is 23.5 Å². The SMILES string of the molecule is Cc1ccc(NC(=O)C(=O)NC[C@@](O)(c2ccco2)c2cccs2)cc1C. The molecule has 0 aliphatic heterocycles. The molecule has 0 spiro atoms. The summed E-state index contributed by atoms with van der Waals surface area (Å²) >= 11 is 1.33. The van der Waals surface area contributed by atoms with Crippen molar-refractivity contribution in [1.29, 1.82) is 0 Å². The Labute approximate surface area is 160 Å². The Morgan fingerprint density at radius 2 is 1.93 bits per heavy atom. The lowest BCUT2D eigenvalue weighted by molar-refractivity contribution is -0.136. The number of carbonyl (C=O) groups is 2. The molecule has 0 aliphatic carbocycles. The molecule has 0 fully saturated rings. The molecule has 3 aromatic rings. The number of aliphatic hydroxyl groups is 1. The van der Waals surface area contributed by atoms with Gasteiger partial charge in [-0.05, 0) is 60.7 Å². The lowest BCUT2D eigenvalue weighted by Crippen LogP contribution is -2.44. The van der Waals surface area contributed by atoms with Crippen LogP contribution in [0.1, 0.15) is 21.8 Å². The van der Waals surface area contributed by atoms with Gasteiger partial charge in [-0.1, -0.05) is 12.1 Å². The van der Waals surface area contributed by atoms with Crippen molar-refractivity contribution < 1.29 is 19.1 Å². The Morgan fingerprint density at radius 1 is 1.11 bits per heavy atom. The molecule has 0 saturated heterocycles. The Kier molecular flexibility index (Phi) is 5.43. The first-order valence-electron chi connectivity index (χ1n) is 8.37. The van der Waals surface area contributed by atoms with Crippen LogP contribution in [0.15, 0.2) is 58.5 Å². The highest BCUT2D eigenvalue weighted by atomic mass is 32.1. The third-order valence-electron chi connectivity index (χ3n) is 4.33. The smallest absolute Gasteiger partial charge is 0.313 e. The highest BCUT2D eigenvalue weighted by Crippen LogP contribution is 2.32. The van der Waals surface area contributed by atoms with Crippen LogP contribution in [0.5, 0.6) is 0 Å². The van der Waals surface area contributed by atoms with E-state index in [1.807, 2.05) is 25.3 Å². The maximum Gasteiger partial charge on any atom is 0.313 e. The third kappa shape index (κ3) is 4.10. The summed E-state index contributed by atoms with van der Waals surface area (Å²) in [5, 5.41) is 18.0. The van der Waals surface area contributed by atoms with Crippen molar-refractivity contribution in [3.05, 3.63) is 75.9 Å². The minimum absolute atomic E-state index is 0.194. The van der Waals surface area contributed by atoms with Gasteiger partial charge in [-0.15, -0.1) is 11.3 Å². The minimum atomic E-state index is -1.55. The summed E-state index contributed by atoms with van der Waals surface area (Å²) in [5.41, 5.74) is 1.10. The highest BCUT2D eigenvalue weighted by Gasteiger charge is 2.36. The fourth-order valence-electron chi connectivity index (χ4n) is 2.62.